The Morgan fingerprint density at radius 3 is 1.84 bits per heavy atom. The predicted molar refractivity (Wildman–Crippen MR) is 112 cm³/mol. The molecule has 0 saturated heterocycles. The summed E-state index contributed by atoms with van der Waals surface area (Å²) in [6, 6.07) is 30.4. The van der Waals surface area contributed by atoms with Crippen molar-refractivity contribution in [3.05, 3.63) is 95.4 Å². The largest absolute Gasteiger partial charge is 0.136 e. The number of hydrogen-bond donors (Lipinski definition) is 0. The minimum absolute atomic E-state index is 1.29. The van der Waals surface area contributed by atoms with Gasteiger partial charge in [0, 0.05) is 9.58 Å². The van der Waals surface area contributed by atoms with Crippen LogP contribution >= 0.6 is 11.3 Å². The standard InChI is InChI=1S/C24H16S/c1-4-10-21-17(7-1)15-18-8-2-5-11-22(18)23(21)14-13-20-16-19-9-3-6-12-24(19)25-20/h1-16H/b14-13+. The van der Waals surface area contributed by atoms with Crippen LogP contribution in [0.1, 0.15) is 10.4 Å². The van der Waals surface area contributed by atoms with Gasteiger partial charge in [0.25, 0.3) is 0 Å². The number of benzene rings is 4. The first kappa shape index (κ1) is 14.4. The summed E-state index contributed by atoms with van der Waals surface area (Å²) in [4.78, 5) is 1.29. The summed E-state index contributed by atoms with van der Waals surface area (Å²) in [5.74, 6) is 0. The Kier molecular flexibility index (Phi) is 3.39. The van der Waals surface area contributed by atoms with Gasteiger partial charge in [-0.25, -0.2) is 0 Å². The highest BCUT2D eigenvalue weighted by Gasteiger charge is 2.05. The van der Waals surface area contributed by atoms with Crippen molar-refractivity contribution in [1.29, 1.82) is 0 Å². The summed E-state index contributed by atoms with van der Waals surface area (Å²) >= 11 is 1.84. The molecule has 0 nitrogen and oxygen atoms in total. The fourth-order valence-electron chi connectivity index (χ4n) is 3.48. The van der Waals surface area contributed by atoms with E-state index in [0.29, 0.717) is 0 Å². The summed E-state index contributed by atoms with van der Waals surface area (Å²) < 4.78 is 1.34. The van der Waals surface area contributed by atoms with E-state index >= 15 is 0 Å². The monoisotopic (exact) mass is 336 g/mol. The van der Waals surface area contributed by atoms with Crippen LogP contribution in [0.25, 0.3) is 43.8 Å². The van der Waals surface area contributed by atoms with E-state index in [0.717, 1.165) is 0 Å². The molecule has 0 radical (unpaired) electrons. The minimum Gasteiger partial charge on any atom is -0.136 e. The molecule has 118 valence electrons. The summed E-state index contributed by atoms with van der Waals surface area (Å²) in [5.41, 5.74) is 1.30. The zero-order chi connectivity index (χ0) is 16.6. The van der Waals surface area contributed by atoms with Gasteiger partial charge in [-0.15, -0.1) is 11.3 Å². The van der Waals surface area contributed by atoms with Crippen molar-refractivity contribution in [2.45, 2.75) is 0 Å². The molecule has 5 aromatic rings. The second-order valence-electron chi connectivity index (χ2n) is 6.25. The minimum atomic E-state index is 1.29. The SMILES string of the molecule is C(=C\c1c2ccccc2cc2ccccc12)/c1cc2ccccc2s1. The second kappa shape index (κ2) is 5.87. The van der Waals surface area contributed by atoms with Crippen molar-refractivity contribution in [3.63, 3.8) is 0 Å². The van der Waals surface area contributed by atoms with E-state index in [9.17, 15) is 0 Å². The zero-order valence-corrected chi connectivity index (χ0v) is 14.5. The van der Waals surface area contributed by atoms with Gasteiger partial charge in [-0.1, -0.05) is 72.8 Å². The molecule has 0 fully saturated rings. The van der Waals surface area contributed by atoms with E-state index in [1.54, 1.807) is 0 Å². The highest BCUT2D eigenvalue weighted by molar-refractivity contribution is 7.19. The number of fused-ring (bicyclic) bond motifs is 3. The van der Waals surface area contributed by atoms with Gasteiger partial charge >= 0.3 is 0 Å². The first-order chi connectivity index (χ1) is 12.4. The van der Waals surface area contributed by atoms with Crippen LogP contribution in [-0.4, -0.2) is 0 Å². The maximum absolute atomic E-state index is 2.28. The molecule has 0 amide bonds. The molecule has 0 bridgehead atoms. The van der Waals surface area contributed by atoms with Crippen LogP contribution in [0.2, 0.25) is 0 Å². The van der Waals surface area contributed by atoms with Gasteiger partial charge in [-0.3, -0.25) is 0 Å². The van der Waals surface area contributed by atoms with Gasteiger partial charge in [0.2, 0.25) is 0 Å². The highest BCUT2D eigenvalue weighted by atomic mass is 32.1. The van der Waals surface area contributed by atoms with Crippen LogP contribution in [-0.2, 0) is 0 Å². The lowest BCUT2D eigenvalue weighted by Gasteiger charge is -2.08. The average molecular weight is 336 g/mol. The molecule has 0 aliphatic rings. The molecule has 4 aromatic carbocycles. The normalized spacial score (nSPS) is 11.8. The van der Waals surface area contributed by atoms with Gasteiger partial charge in [0.05, 0.1) is 0 Å². The fourth-order valence-corrected chi connectivity index (χ4v) is 4.45. The van der Waals surface area contributed by atoms with Crippen molar-refractivity contribution < 1.29 is 0 Å². The van der Waals surface area contributed by atoms with Crippen molar-refractivity contribution in [1.82, 2.24) is 0 Å². The highest BCUT2D eigenvalue weighted by Crippen LogP contribution is 2.31. The Balaban J connectivity index is 1.72. The van der Waals surface area contributed by atoms with Crippen molar-refractivity contribution in [2.24, 2.45) is 0 Å². The lowest BCUT2D eigenvalue weighted by molar-refractivity contribution is 1.74. The summed E-state index contributed by atoms with van der Waals surface area (Å²) in [5, 5.41) is 6.50. The molecule has 1 heterocycles. The fraction of sp³-hybridized carbons (Fsp3) is 0. The third kappa shape index (κ3) is 2.54. The van der Waals surface area contributed by atoms with Crippen molar-refractivity contribution >= 4 is 55.1 Å². The number of thiophene rings is 1. The first-order valence-electron chi connectivity index (χ1n) is 8.46. The number of hydrogen-bond acceptors (Lipinski definition) is 1. The van der Waals surface area contributed by atoms with E-state index in [2.05, 4.69) is 97.1 Å². The van der Waals surface area contributed by atoms with Gasteiger partial charge in [-0.05, 0) is 56.8 Å². The maximum Gasteiger partial charge on any atom is 0.0349 e. The average Bonchev–Trinajstić information content (AvgIpc) is 3.08. The molecule has 0 aliphatic heterocycles. The molecular weight excluding hydrogens is 320 g/mol. The van der Waals surface area contributed by atoms with Gasteiger partial charge in [0.1, 0.15) is 0 Å². The van der Waals surface area contributed by atoms with E-state index in [4.69, 9.17) is 0 Å². The molecular formula is C24H16S. The van der Waals surface area contributed by atoms with Crippen LogP contribution in [0.5, 0.6) is 0 Å². The predicted octanol–water partition coefficient (Wildman–Crippen LogP) is 7.38. The molecule has 0 atom stereocenters. The Morgan fingerprint density at radius 2 is 1.16 bits per heavy atom. The van der Waals surface area contributed by atoms with Crippen LogP contribution in [0, 0.1) is 0 Å². The summed E-state index contributed by atoms with van der Waals surface area (Å²) in [6.45, 7) is 0. The van der Waals surface area contributed by atoms with Crippen molar-refractivity contribution in [3.8, 4) is 0 Å². The van der Waals surface area contributed by atoms with E-state index in [1.165, 1.54) is 42.1 Å². The molecule has 0 N–H and O–H groups in total. The first-order valence-corrected chi connectivity index (χ1v) is 9.27. The third-order valence-corrected chi connectivity index (χ3v) is 5.75. The maximum atomic E-state index is 2.28. The molecule has 1 heteroatoms. The van der Waals surface area contributed by atoms with E-state index in [1.807, 2.05) is 11.3 Å². The molecule has 0 spiro atoms. The topological polar surface area (TPSA) is 0 Å². The molecule has 0 saturated carbocycles. The van der Waals surface area contributed by atoms with Gasteiger partial charge in [-0.2, -0.15) is 0 Å². The molecule has 25 heavy (non-hydrogen) atoms. The van der Waals surface area contributed by atoms with Crippen LogP contribution < -0.4 is 0 Å². The van der Waals surface area contributed by atoms with Gasteiger partial charge in [0.15, 0.2) is 0 Å². The van der Waals surface area contributed by atoms with E-state index in [-0.39, 0.29) is 0 Å². The Hall–Kier alpha value is -2.90. The summed E-state index contributed by atoms with van der Waals surface area (Å²) in [6.07, 6.45) is 4.52. The lowest BCUT2D eigenvalue weighted by atomic mass is 9.96. The van der Waals surface area contributed by atoms with Crippen LogP contribution in [0.15, 0.2) is 84.9 Å². The Labute approximate surface area is 150 Å². The molecule has 0 unspecified atom stereocenters. The quantitative estimate of drug-likeness (QED) is 0.295. The van der Waals surface area contributed by atoms with Crippen LogP contribution in [0.3, 0.4) is 0 Å². The third-order valence-electron chi connectivity index (χ3n) is 4.67. The second-order valence-corrected chi connectivity index (χ2v) is 7.37. The summed E-state index contributed by atoms with van der Waals surface area (Å²) in [7, 11) is 0. The molecule has 5 rings (SSSR count). The smallest absolute Gasteiger partial charge is 0.0349 e. The van der Waals surface area contributed by atoms with Crippen molar-refractivity contribution in [2.75, 3.05) is 0 Å². The van der Waals surface area contributed by atoms with E-state index < -0.39 is 0 Å². The lowest BCUT2D eigenvalue weighted by Crippen LogP contribution is -1.82. The number of rotatable bonds is 2. The molecule has 1 aromatic heterocycles. The van der Waals surface area contributed by atoms with Crippen LogP contribution in [0.4, 0.5) is 0 Å². The molecule has 0 aliphatic carbocycles. The zero-order valence-electron chi connectivity index (χ0n) is 13.6. The Morgan fingerprint density at radius 1 is 0.560 bits per heavy atom. The Bertz CT molecular complexity index is 1150. The van der Waals surface area contributed by atoms with Gasteiger partial charge < -0.3 is 0 Å².